The van der Waals surface area contributed by atoms with E-state index in [0.29, 0.717) is 23.6 Å². The molecule has 1 N–H and O–H groups in total. The lowest BCUT2D eigenvalue weighted by Crippen LogP contribution is -2.41. The van der Waals surface area contributed by atoms with Gasteiger partial charge in [0.1, 0.15) is 11.1 Å². The molecule has 3 aromatic carbocycles. The molecule has 0 fully saturated rings. The monoisotopic (exact) mass is 353 g/mol. The fourth-order valence-corrected chi connectivity index (χ4v) is 4.95. The molecule has 1 heterocycles. The van der Waals surface area contributed by atoms with E-state index in [2.05, 4.69) is 29.6 Å². The Morgan fingerprint density at radius 1 is 1.00 bits per heavy atom. The minimum atomic E-state index is -3.47. The standard InChI is InChI=1S/C20H19NO3S/c1-24-16-8-10-17(11-9-16)25(22,23)20-12-19-15(13-21-20)7-6-14-4-2-3-5-18(14)19/h2-11,20-21H,12-13H2,1H3. The number of hydrogen-bond donors (Lipinski definition) is 1. The topological polar surface area (TPSA) is 55.4 Å². The molecule has 0 spiro atoms. The van der Waals surface area contributed by atoms with Crippen molar-refractivity contribution in [2.45, 2.75) is 23.2 Å². The second kappa shape index (κ2) is 6.17. The zero-order valence-corrected chi connectivity index (χ0v) is 14.7. The van der Waals surface area contributed by atoms with Gasteiger partial charge in [-0.05, 0) is 46.2 Å². The van der Waals surface area contributed by atoms with Crippen LogP contribution in [-0.4, -0.2) is 20.9 Å². The summed E-state index contributed by atoms with van der Waals surface area (Å²) >= 11 is 0. The summed E-state index contributed by atoms with van der Waals surface area (Å²) in [6.07, 6.45) is 0.463. The van der Waals surface area contributed by atoms with Crippen LogP contribution in [0.4, 0.5) is 0 Å². The van der Waals surface area contributed by atoms with Crippen molar-refractivity contribution in [2.75, 3.05) is 7.11 Å². The molecule has 1 atom stereocenters. The quantitative estimate of drug-likeness (QED) is 0.785. The first-order chi connectivity index (χ1) is 12.1. The number of methoxy groups -OCH3 is 1. The molecule has 1 unspecified atom stereocenters. The van der Waals surface area contributed by atoms with Crippen molar-refractivity contribution in [1.82, 2.24) is 5.32 Å². The summed E-state index contributed by atoms with van der Waals surface area (Å²) in [7, 11) is -1.90. The maximum atomic E-state index is 13.0. The van der Waals surface area contributed by atoms with Crippen LogP contribution in [-0.2, 0) is 22.8 Å². The van der Waals surface area contributed by atoms with Crippen LogP contribution in [0.3, 0.4) is 0 Å². The highest BCUT2D eigenvalue weighted by Crippen LogP contribution is 2.30. The van der Waals surface area contributed by atoms with Crippen molar-refractivity contribution in [3.8, 4) is 5.75 Å². The van der Waals surface area contributed by atoms with Gasteiger partial charge in [0.15, 0.2) is 9.84 Å². The average molecular weight is 353 g/mol. The Morgan fingerprint density at radius 2 is 1.76 bits per heavy atom. The molecule has 4 rings (SSSR count). The molecule has 0 aliphatic carbocycles. The van der Waals surface area contributed by atoms with E-state index in [9.17, 15) is 8.42 Å². The lowest BCUT2D eigenvalue weighted by atomic mass is 9.94. The summed E-state index contributed by atoms with van der Waals surface area (Å²) in [5.74, 6) is 0.645. The third-order valence-electron chi connectivity index (χ3n) is 4.81. The van der Waals surface area contributed by atoms with E-state index in [4.69, 9.17) is 4.74 Å². The molecule has 0 radical (unpaired) electrons. The molecule has 3 aromatic rings. The number of ether oxygens (including phenoxy) is 1. The molecule has 5 heteroatoms. The van der Waals surface area contributed by atoms with Gasteiger partial charge in [0, 0.05) is 13.0 Å². The number of sulfone groups is 1. The third kappa shape index (κ3) is 2.79. The van der Waals surface area contributed by atoms with Crippen LogP contribution in [0.15, 0.2) is 65.6 Å². The summed E-state index contributed by atoms with van der Waals surface area (Å²) < 4.78 is 31.2. The Morgan fingerprint density at radius 3 is 2.52 bits per heavy atom. The van der Waals surface area contributed by atoms with Crippen molar-refractivity contribution in [1.29, 1.82) is 0 Å². The number of fused-ring (bicyclic) bond motifs is 3. The molecule has 1 aliphatic heterocycles. The van der Waals surface area contributed by atoms with Gasteiger partial charge in [0.05, 0.1) is 12.0 Å². The van der Waals surface area contributed by atoms with E-state index in [1.54, 1.807) is 31.4 Å². The average Bonchev–Trinajstić information content (AvgIpc) is 2.67. The van der Waals surface area contributed by atoms with Gasteiger partial charge in [-0.3, -0.25) is 5.32 Å². The van der Waals surface area contributed by atoms with Crippen molar-refractivity contribution in [2.24, 2.45) is 0 Å². The molecule has 4 nitrogen and oxygen atoms in total. The SMILES string of the molecule is COc1ccc(S(=O)(=O)C2Cc3c(ccc4ccccc34)CN2)cc1. The Labute approximate surface area is 147 Å². The summed E-state index contributed by atoms with van der Waals surface area (Å²) in [5, 5.41) is 4.84. The van der Waals surface area contributed by atoms with E-state index >= 15 is 0 Å². The number of benzene rings is 3. The number of nitrogens with one attached hydrogen (secondary N) is 1. The highest BCUT2D eigenvalue weighted by Gasteiger charge is 2.31. The Bertz CT molecular complexity index is 1030. The first kappa shape index (κ1) is 16.1. The molecule has 0 aromatic heterocycles. The predicted molar refractivity (Wildman–Crippen MR) is 98.5 cm³/mol. The van der Waals surface area contributed by atoms with E-state index < -0.39 is 15.2 Å². The Kier molecular flexibility index (Phi) is 3.98. The molecule has 0 saturated heterocycles. The minimum absolute atomic E-state index is 0.314. The fourth-order valence-electron chi connectivity index (χ4n) is 3.42. The second-order valence-corrected chi connectivity index (χ2v) is 8.35. The highest BCUT2D eigenvalue weighted by molar-refractivity contribution is 7.92. The maximum Gasteiger partial charge on any atom is 0.194 e. The first-order valence-corrected chi connectivity index (χ1v) is 9.75. The summed E-state index contributed by atoms with van der Waals surface area (Å²) in [6, 6.07) is 18.9. The van der Waals surface area contributed by atoms with Gasteiger partial charge < -0.3 is 4.74 Å². The molecular weight excluding hydrogens is 334 g/mol. The summed E-state index contributed by atoms with van der Waals surface area (Å²) in [5.41, 5.74) is 2.29. The van der Waals surface area contributed by atoms with Crippen LogP contribution >= 0.6 is 0 Å². The van der Waals surface area contributed by atoms with E-state index in [1.165, 1.54) is 5.56 Å². The lowest BCUT2D eigenvalue weighted by Gasteiger charge is -2.27. The Balaban J connectivity index is 1.72. The van der Waals surface area contributed by atoms with Crippen molar-refractivity contribution in [3.05, 3.63) is 71.8 Å². The van der Waals surface area contributed by atoms with Crippen LogP contribution in [0.25, 0.3) is 10.8 Å². The molecule has 1 aliphatic rings. The van der Waals surface area contributed by atoms with E-state index in [-0.39, 0.29) is 0 Å². The zero-order valence-electron chi connectivity index (χ0n) is 13.9. The van der Waals surface area contributed by atoms with Gasteiger partial charge in [-0.25, -0.2) is 8.42 Å². The van der Waals surface area contributed by atoms with Crippen molar-refractivity contribution < 1.29 is 13.2 Å². The minimum Gasteiger partial charge on any atom is -0.497 e. The maximum absolute atomic E-state index is 13.0. The van der Waals surface area contributed by atoms with E-state index in [1.807, 2.05) is 12.1 Å². The lowest BCUT2D eigenvalue weighted by molar-refractivity contribution is 0.414. The van der Waals surface area contributed by atoms with Crippen LogP contribution in [0.2, 0.25) is 0 Å². The van der Waals surface area contributed by atoms with Gasteiger partial charge >= 0.3 is 0 Å². The smallest absolute Gasteiger partial charge is 0.194 e. The summed E-state index contributed by atoms with van der Waals surface area (Å²) in [6.45, 7) is 0.556. The molecular formula is C20H19NO3S. The predicted octanol–water partition coefficient (Wildman–Crippen LogP) is 3.29. The normalized spacial score (nSPS) is 17.2. The molecule has 25 heavy (non-hydrogen) atoms. The second-order valence-electron chi connectivity index (χ2n) is 6.22. The van der Waals surface area contributed by atoms with Gasteiger partial charge in [-0.1, -0.05) is 36.4 Å². The van der Waals surface area contributed by atoms with Crippen LogP contribution in [0, 0.1) is 0 Å². The van der Waals surface area contributed by atoms with Crippen molar-refractivity contribution >= 4 is 20.6 Å². The third-order valence-corrected chi connectivity index (χ3v) is 6.82. The number of hydrogen-bond acceptors (Lipinski definition) is 4. The van der Waals surface area contributed by atoms with Gasteiger partial charge in [-0.15, -0.1) is 0 Å². The highest BCUT2D eigenvalue weighted by atomic mass is 32.2. The number of rotatable bonds is 3. The molecule has 0 bridgehead atoms. The Hall–Kier alpha value is -2.37. The zero-order chi connectivity index (χ0) is 17.4. The fraction of sp³-hybridized carbons (Fsp3) is 0.200. The van der Waals surface area contributed by atoms with Crippen molar-refractivity contribution in [3.63, 3.8) is 0 Å². The van der Waals surface area contributed by atoms with E-state index in [0.717, 1.165) is 16.3 Å². The van der Waals surface area contributed by atoms with Crippen LogP contribution < -0.4 is 10.1 Å². The summed E-state index contributed by atoms with van der Waals surface area (Å²) in [4.78, 5) is 0.314. The largest absolute Gasteiger partial charge is 0.497 e. The molecule has 0 saturated carbocycles. The molecule has 0 amide bonds. The molecule has 128 valence electrons. The van der Waals surface area contributed by atoms with Crippen LogP contribution in [0.5, 0.6) is 5.75 Å². The van der Waals surface area contributed by atoms with Crippen LogP contribution in [0.1, 0.15) is 11.1 Å². The van der Waals surface area contributed by atoms with Gasteiger partial charge in [-0.2, -0.15) is 0 Å². The van der Waals surface area contributed by atoms with Gasteiger partial charge in [0.25, 0.3) is 0 Å². The first-order valence-electron chi connectivity index (χ1n) is 8.20. The van der Waals surface area contributed by atoms with Gasteiger partial charge in [0.2, 0.25) is 0 Å².